The van der Waals surface area contributed by atoms with Crippen molar-refractivity contribution in [2.45, 2.75) is 19.3 Å². The Morgan fingerprint density at radius 3 is 2.42 bits per heavy atom. The molecule has 0 atom stereocenters. The van der Waals surface area contributed by atoms with Gasteiger partial charge >= 0.3 is 0 Å². The second-order valence-electron chi connectivity index (χ2n) is 6.31. The van der Waals surface area contributed by atoms with Gasteiger partial charge in [0, 0.05) is 26.2 Å². The van der Waals surface area contributed by atoms with Crippen molar-refractivity contribution >= 4 is 27.5 Å². The van der Waals surface area contributed by atoms with Gasteiger partial charge in [-0.15, -0.1) is 11.6 Å². The molecule has 24 heavy (non-hydrogen) atoms. The summed E-state index contributed by atoms with van der Waals surface area (Å²) >= 11 is 5.59. The molecular weight excluding hydrogens is 348 g/mol. The normalized spacial score (nSPS) is 16.5. The zero-order valence-electron chi connectivity index (χ0n) is 14.0. The SMILES string of the molecule is CS(=O)(=O)N(CCc1ccccc1)CC1CCN(C(=O)CCl)CC1. The number of hydrogen-bond acceptors (Lipinski definition) is 3. The summed E-state index contributed by atoms with van der Waals surface area (Å²) in [7, 11) is -3.24. The molecule has 0 aliphatic carbocycles. The molecule has 0 aromatic heterocycles. The zero-order chi connectivity index (χ0) is 17.6. The van der Waals surface area contributed by atoms with Crippen molar-refractivity contribution in [2.75, 3.05) is 38.3 Å². The molecule has 134 valence electrons. The highest BCUT2D eigenvalue weighted by Crippen LogP contribution is 2.20. The van der Waals surface area contributed by atoms with Crippen molar-refractivity contribution in [3.63, 3.8) is 0 Å². The topological polar surface area (TPSA) is 57.7 Å². The number of amides is 1. The van der Waals surface area contributed by atoms with Gasteiger partial charge in [-0.2, -0.15) is 0 Å². The molecule has 0 spiro atoms. The summed E-state index contributed by atoms with van der Waals surface area (Å²) in [4.78, 5) is 13.4. The van der Waals surface area contributed by atoms with E-state index in [-0.39, 0.29) is 17.7 Å². The standard InChI is InChI=1S/C17H25ClN2O3S/c1-24(22,23)20(12-9-15-5-3-2-4-6-15)14-16-7-10-19(11-8-16)17(21)13-18/h2-6,16H,7-14H2,1H3. The molecule has 1 aromatic carbocycles. The first kappa shape index (κ1) is 19.2. The Bertz CT molecular complexity index is 628. The lowest BCUT2D eigenvalue weighted by atomic mass is 9.96. The number of carbonyl (C=O) groups excluding carboxylic acids is 1. The summed E-state index contributed by atoms with van der Waals surface area (Å²) in [6, 6.07) is 9.90. The highest BCUT2D eigenvalue weighted by molar-refractivity contribution is 7.88. The third-order valence-corrected chi connectivity index (χ3v) is 6.00. The van der Waals surface area contributed by atoms with E-state index in [4.69, 9.17) is 11.6 Å². The highest BCUT2D eigenvalue weighted by Gasteiger charge is 2.26. The molecule has 1 fully saturated rings. The maximum Gasteiger partial charge on any atom is 0.237 e. The van der Waals surface area contributed by atoms with Gasteiger partial charge in [-0.25, -0.2) is 12.7 Å². The fourth-order valence-corrected chi connectivity index (χ4v) is 4.10. The number of alkyl halides is 1. The fraction of sp³-hybridized carbons (Fsp3) is 0.588. The van der Waals surface area contributed by atoms with Crippen LogP contribution in [0.1, 0.15) is 18.4 Å². The van der Waals surface area contributed by atoms with Gasteiger partial charge in [-0.3, -0.25) is 4.79 Å². The Labute approximate surface area is 149 Å². The number of benzene rings is 1. The molecule has 0 unspecified atom stereocenters. The third kappa shape index (κ3) is 5.76. The maximum absolute atomic E-state index is 12.1. The van der Waals surface area contributed by atoms with Gasteiger partial charge in [0.15, 0.2) is 0 Å². The molecule has 0 radical (unpaired) electrons. The van der Waals surface area contributed by atoms with Crippen molar-refractivity contribution in [3.05, 3.63) is 35.9 Å². The first-order valence-corrected chi connectivity index (χ1v) is 10.6. The van der Waals surface area contributed by atoms with E-state index in [0.717, 1.165) is 18.4 Å². The Morgan fingerprint density at radius 2 is 1.88 bits per heavy atom. The predicted molar refractivity (Wildman–Crippen MR) is 96.6 cm³/mol. The molecule has 1 amide bonds. The van der Waals surface area contributed by atoms with Crippen molar-refractivity contribution in [2.24, 2.45) is 5.92 Å². The summed E-state index contributed by atoms with van der Waals surface area (Å²) in [5.41, 5.74) is 1.13. The van der Waals surface area contributed by atoms with Gasteiger partial charge in [-0.05, 0) is 30.7 Å². The van der Waals surface area contributed by atoms with Crippen LogP contribution in [0.5, 0.6) is 0 Å². The lowest BCUT2D eigenvalue weighted by Gasteiger charge is -2.34. The lowest BCUT2D eigenvalue weighted by Crippen LogP contribution is -2.43. The average molecular weight is 373 g/mol. The van der Waals surface area contributed by atoms with Crippen LogP contribution in [-0.2, 0) is 21.2 Å². The number of halogens is 1. The van der Waals surface area contributed by atoms with Crippen LogP contribution in [0.3, 0.4) is 0 Å². The molecule has 5 nitrogen and oxygen atoms in total. The van der Waals surface area contributed by atoms with Crippen LogP contribution >= 0.6 is 11.6 Å². The van der Waals surface area contributed by atoms with Gasteiger partial charge in [-0.1, -0.05) is 30.3 Å². The minimum atomic E-state index is -3.24. The Balaban J connectivity index is 1.89. The van der Waals surface area contributed by atoms with Crippen molar-refractivity contribution in [1.82, 2.24) is 9.21 Å². The largest absolute Gasteiger partial charge is 0.342 e. The molecule has 1 saturated heterocycles. The quantitative estimate of drug-likeness (QED) is 0.687. The van der Waals surface area contributed by atoms with Gasteiger partial charge in [0.25, 0.3) is 0 Å². The minimum absolute atomic E-state index is 0.0111. The monoisotopic (exact) mass is 372 g/mol. The molecule has 1 aliphatic heterocycles. The molecule has 1 aromatic rings. The van der Waals surface area contributed by atoms with Gasteiger partial charge in [0.05, 0.1) is 6.26 Å². The molecule has 0 N–H and O–H groups in total. The van der Waals surface area contributed by atoms with Crippen LogP contribution in [0.4, 0.5) is 0 Å². The van der Waals surface area contributed by atoms with E-state index in [2.05, 4.69) is 0 Å². The summed E-state index contributed by atoms with van der Waals surface area (Å²) in [5.74, 6) is 0.256. The first-order chi connectivity index (χ1) is 11.4. The summed E-state index contributed by atoms with van der Waals surface area (Å²) in [6.07, 6.45) is 3.61. The molecule has 0 bridgehead atoms. The lowest BCUT2D eigenvalue weighted by molar-refractivity contribution is -0.129. The van der Waals surface area contributed by atoms with Crippen LogP contribution < -0.4 is 0 Å². The van der Waals surface area contributed by atoms with Crippen LogP contribution in [0.2, 0.25) is 0 Å². The Morgan fingerprint density at radius 1 is 1.25 bits per heavy atom. The highest BCUT2D eigenvalue weighted by atomic mass is 35.5. The van der Waals surface area contributed by atoms with Crippen LogP contribution in [-0.4, -0.2) is 61.8 Å². The predicted octanol–water partition coefficient (Wildman–Crippen LogP) is 1.97. The van der Waals surface area contributed by atoms with E-state index in [0.29, 0.717) is 32.6 Å². The molecule has 1 heterocycles. The molecule has 0 saturated carbocycles. The number of nitrogens with zero attached hydrogens (tertiary/aromatic N) is 2. The molecular formula is C17H25ClN2O3S. The van der Waals surface area contributed by atoms with Crippen LogP contribution in [0.25, 0.3) is 0 Å². The van der Waals surface area contributed by atoms with E-state index in [9.17, 15) is 13.2 Å². The van der Waals surface area contributed by atoms with Gasteiger partial charge < -0.3 is 4.90 Å². The smallest absolute Gasteiger partial charge is 0.237 e. The van der Waals surface area contributed by atoms with Crippen LogP contribution in [0, 0.1) is 5.92 Å². The van der Waals surface area contributed by atoms with Crippen LogP contribution in [0.15, 0.2) is 30.3 Å². The van der Waals surface area contributed by atoms with E-state index in [1.807, 2.05) is 30.3 Å². The van der Waals surface area contributed by atoms with Gasteiger partial charge in [0.2, 0.25) is 15.9 Å². The number of hydrogen-bond donors (Lipinski definition) is 0. The summed E-state index contributed by atoms with van der Waals surface area (Å²) in [5, 5.41) is 0. The van der Waals surface area contributed by atoms with Crippen molar-refractivity contribution in [3.8, 4) is 0 Å². The zero-order valence-corrected chi connectivity index (χ0v) is 15.6. The third-order valence-electron chi connectivity index (χ3n) is 4.51. The number of likely N-dealkylation sites (tertiary alicyclic amines) is 1. The molecule has 7 heteroatoms. The average Bonchev–Trinajstić information content (AvgIpc) is 2.58. The minimum Gasteiger partial charge on any atom is -0.342 e. The molecule has 2 rings (SSSR count). The van der Waals surface area contributed by atoms with E-state index in [1.165, 1.54) is 6.26 Å². The Kier molecular flexibility index (Phi) is 7.07. The van der Waals surface area contributed by atoms with E-state index >= 15 is 0 Å². The maximum atomic E-state index is 12.1. The Hall–Kier alpha value is -1.11. The summed E-state index contributed by atoms with van der Waals surface area (Å²) < 4.78 is 25.8. The van der Waals surface area contributed by atoms with Crippen molar-refractivity contribution in [1.29, 1.82) is 0 Å². The number of rotatable bonds is 7. The second-order valence-corrected chi connectivity index (χ2v) is 8.56. The number of piperidine rings is 1. The van der Waals surface area contributed by atoms with Crippen molar-refractivity contribution < 1.29 is 13.2 Å². The summed E-state index contributed by atoms with van der Waals surface area (Å²) in [6.45, 7) is 2.33. The fourth-order valence-electron chi connectivity index (χ4n) is 3.03. The molecule has 1 aliphatic rings. The second kappa shape index (κ2) is 8.83. The van der Waals surface area contributed by atoms with E-state index < -0.39 is 10.0 Å². The van der Waals surface area contributed by atoms with Gasteiger partial charge in [0.1, 0.15) is 5.88 Å². The van der Waals surface area contributed by atoms with E-state index in [1.54, 1.807) is 9.21 Å². The number of carbonyl (C=O) groups is 1. The first-order valence-electron chi connectivity index (χ1n) is 8.23. The number of sulfonamides is 1.